The van der Waals surface area contributed by atoms with Gasteiger partial charge in [0, 0.05) is 0 Å². The highest BCUT2D eigenvalue weighted by molar-refractivity contribution is 9.10. The van der Waals surface area contributed by atoms with E-state index >= 15 is 0 Å². The minimum absolute atomic E-state index is 0.307. The van der Waals surface area contributed by atoms with Gasteiger partial charge in [0.1, 0.15) is 11.3 Å². The quantitative estimate of drug-likeness (QED) is 0.787. The average molecular weight is 257 g/mol. The minimum atomic E-state index is -0.361. The molecule has 0 aliphatic heterocycles. The lowest BCUT2D eigenvalue weighted by Crippen LogP contribution is -1.92. The summed E-state index contributed by atoms with van der Waals surface area (Å²) in [5, 5.41) is 0. The van der Waals surface area contributed by atoms with E-state index < -0.39 is 0 Å². The topological polar surface area (TPSA) is 35.0 Å². The van der Waals surface area contributed by atoms with Crippen molar-refractivity contribution in [2.24, 2.45) is 0 Å². The van der Waals surface area contributed by atoms with E-state index in [1.165, 1.54) is 19.4 Å². The van der Waals surface area contributed by atoms with Crippen LogP contribution in [0.25, 0.3) is 11.0 Å². The van der Waals surface area contributed by atoms with Crippen molar-refractivity contribution < 1.29 is 9.13 Å². The van der Waals surface area contributed by atoms with Gasteiger partial charge in [-0.3, -0.25) is 0 Å². The van der Waals surface area contributed by atoms with Crippen molar-refractivity contribution >= 4 is 27.0 Å². The summed E-state index contributed by atoms with van der Waals surface area (Å²) in [4.78, 5) is 8.15. The van der Waals surface area contributed by atoms with Crippen molar-refractivity contribution in [1.82, 2.24) is 9.97 Å². The molecule has 2 aromatic rings. The number of ether oxygens (including phenoxy) is 1. The zero-order valence-corrected chi connectivity index (χ0v) is 8.88. The summed E-state index contributed by atoms with van der Waals surface area (Å²) in [5.74, 6) is 0.00357. The van der Waals surface area contributed by atoms with Crippen LogP contribution in [-0.4, -0.2) is 17.1 Å². The molecule has 1 heterocycles. The fraction of sp³-hybridized carbons (Fsp3) is 0.111. The Bertz CT molecular complexity index is 489. The normalized spacial score (nSPS) is 10.5. The van der Waals surface area contributed by atoms with Crippen molar-refractivity contribution in [2.75, 3.05) is 7.11 Å². The first-order valence-electron chi connectivity index (χ1n) is 3.87. The van der Waals surface area contributed by atoms with E-state index in [9.17, 15) is 4.39 Å². The molecule has 0 spiro atoms. The SMILES string of the molecule is COc1cnc2ccc(F)c(Br)c2n1. The van der Waals surface area contributed by atoms with Crippen LogP contribution in [0.4, 0.5) is 4.39 Å². The zero-order valence-electron chi connectivity index (χ0n) is 7.29. The van der Waals surface area contributed by atoms with E-state index in [1.807, 2.05) is 0 Å². The minimum Gasteiger partial charge on any atom is -0.480 e. The summed E-state index contributed by atoms with van der Waals surface area (Å²) in [5.41, 5.74) is 1.09. The van der Waals surface area contributed by atoms with Crippen LogP contribution < -0.4 is 4.74 Å². The molecule has 0 radical (unpaired) electrons. The highest BCUT2D eigenvalue weighted by Gasteiger charge is 2.07. The Hall–Kier alpha value is -1.23. The van der Waals surface area contributed by atoms with Gasteiger partial charge in [0.15, 0.2) is 0 Å². The molecule has 2 rings (SSSR count). The Balaban J connectivity index is 2.78. The van der Waals surface area contributed by atoms with E-state index in [4.69, 9.17) is 4.74 Å². The van der Waals surface area contributed by atoms with Crippen LogP contribution >= 0.6 is 15.9 Å². The second kappa shape index (κ2) is 3.49. The molecule has 1 aromatic heterocycles. The van der Waals surface area contributed by atoms with E-state index in [1.54, 1.807) is 6.07 Å². The maximum absolute atomic E-state index is 13.1. The Kier molecular flexibility index (Phi) is 2.33. The number of benzene rings is 1. The molecule has 0 amide bonds. The monoisotopic (exact) mass is 256 g/mol. The fourth-order valence-electron chi connectivity index (χ4n) is 1.10. The van der Waals surface area contributed by atoms with Gasteiger partial charge < -0.3 is 4.74 Å². The van der Waals surface area contributed by atoms with Gasteiger partial charge in [0.05, 0.1) is 23.3 Å². The summed E-state index contributed by atoms with van der Waals surface area (Å²) in [6.07, 6.45) is 1.49. The second-order valence-electron chi connectivity index (χ2n) is 2.64. The summed E-state index contributed by atoms with van der Waals surface area (Å²) in [6.45, 7) is 0. The van der Waals surface area contributed by atoms with Gasteiger partial charge in [-0.25, -0.2) is 14.4 Å². The third-order valence-corrected chi connectivity index (χ3v) is 2.55. The number of fused-ring (bicyclic) bond motifs is 1. The van der Waals surface area contributed by atoms with E-state index in [2.05, 4.69) is 25.9 Å². The van der Waals surface area contributed by atoms with Gasteiger partial charge in [0.2, 0.25) is 5.88 Å². The standard InChI is InChI=1S/C9H6BrFN2O/c1-14-7-4-12-6-3-2-5(11)8(10)9(6)13-7/h2-4H,1H3. The first kappa shape index (κ1) is 9.33. The largest absolute Gasteiger partial charge is 0.480 e. The van der Waals surface area contributed by atoms with Crippen molar-refractivity contribution in [3.8, 4) is 5.88 Å². The Morgan fingerprint density at radius 1 is 1.43 bits per heavy atom. The Labute approximate surface area is 88.1 Å². The number of aromatic nitrogens is 2. The van der Waals surface area contributed by atoms with Gasteiger partial charge in [0.25, 0.3) is 0 Å². The van der Waals surface area contributed by atoms with Crippen molar-refractivity contribution in [1.29, 1.82) is 0 Å². The van der Waals surface area contributed by atoms with Gasteiger partial charge in [-0.15, -0.1) is 0 Å². The van der Waals surface area contributed by atoms with Crippen LogP contribution in [0, 0.1) is 5.82 Å². The molecular weight excluding hydrogens is 251 g/mol. The summed E-state index contributed by atoms with van der Waals surface area (Å²) in [6, 6.07) is 2.91. The maximum Gasteiger partial charge on any atom is 0.232 e. The first-order chi connectivity index (χ1) is 6.72. The number of rotatable bonds is 1. The lowest BCUT2D eigenvalue weighted by molar-refractivity contribution is 0.397. The number of halogens is 2. The van der Waals surface area contributed by atoms with Crippen LogP contribution in [0.5, 0.6) is 5.88 Å². The molecule has 0 saturated carbocycles. The van der Waals surface area contributed by atoms with Gasteiger partial charge in [-0.1, -0.05) is 0 Å². The molecule has 0 bridgehead atoms. The molecular formula is C9H6BrFN2O. The predicted octanol–water partition coefficient (Wildman–Crippen LogP) is 2.54. The van der Waals surface area contributed by atoms with Crippen molar-refractivity contribution in [2.45, 2.75) is 0 Å². The zero-order chi connectivity index (χ0) is 10.1. The lowest BCUT2D eigenvalue weighted by atomic mass is 10.3. The highest BCUT2D eigenvalue weighted by atomic mass is 79.9. The molecule has 14 heavy (non-hydrogen) atoms. The Morgan fingerprint density at radius 2 is 2.21 bits per heavy atom. The van der Waals surface area contributed by atoms with Crippen LogP contribution in [0.15, 0.2) is 22.8 Å². The van der Waals surface area contributed by atoms with Crippen LogP contribution in [0.2, 0.25) is 0 Å². The highest BCUT2D eigenvalue weighted by Crippen LogP contribution is 2.25. The number of methoxy groups -OCH3 is 1. The van der Waals surface area contributed by atoms with Gasteiger partial charge in [-0.05, 0) is 28.1 Å². The van der Waals surface area contributed by atoms with Crippen LogP contribution in [0.3, 0.4) is 0 Å². The molecule has 0 fully saturated rings. The summed E-state index contributed by atoms with van der Waals surface area (Å²) < 4.78 is 18.3. The molecule has 0 unspecified atom stereocenters. The molecule has 3 nitrogen and oxygen atoms in total. The number of hydrogen-bond donors (Lipinski definition) is 0. The third kappa shape index (κ3) is 1.43. The lowest BCUT2D eigenvalue weighted by Gasteiger charge is -2.02. The molecule has 1 aromatic carbocycles. The number of nitrogens with zero attached hydrogens (tertiary/aromatic N) is 2. The predicted molar refractivity (Wildman–Crippen MR) is 53.7 cm³/mol. The maximum atomic E-state index is 13.1. The van der Waals surface area contributed by atoms with E-state index in [0.717, 1.165) is 0 Å². The molecule has 0 aliphatic rings. The summed E-state index contributed by atoms with van der Waals surface area (Å²) in [7, 11) is 1.49. The van der Waals surface area contributed by atoms with Crippen LogP contribution in [0.1, 0.15) is 0 Å². The van der Waals surface area contributed by atoms with Gasteiger partial charge in [-0.2, -0.15) is 0 Å². The third-order valence-electron chi connectivity index (χ3n) is 1.79. The molecule has 0 aliphatic carbocycles. The van der Waals surface area contributed by atoms with E-state index in [0.29, 0.717) is 21.4 Å². The molecule has 72 valence electrons. The van der Waals surface area contributed by atoms with Crippen molar-refractivity contribution in [3.63, 3.8) is 0 Å². The van der Waals surface area contributed by atoms with Crippen LogP contribution in [-0.2, 0) is 0 Å². The Morgan fingerprint density at radius 3 is 2.93 bits per heavy atom. The number of hydrogen-bond acceptors (Lipinski definition) is 3. The molecule has 0 saturated heterocycles. The van der Waals surface area contributed by atoms with E-state index in [-0.39, 0.29) is 5.82 Å². The molecule has 0 atom stereocenters. The summed E-state index contributed by atoms with van der Waals surface area (Å²) >= 11 is 3.11. The molecule has 5 heteroatoms. The molecule has 0 N–H and O–H groups in total. The first-order valence-corrected chi connectivity index (χ1v) is 4.66. The second-order valence-corrected chi connectivity index (χ2v) is 3.43. The smallest absolute Gasteiger partial charge is 0.232 e. The fourth-order valence-corrected chi connectivity index (χ4v) is 1.53. The van der Waals surface area contributed by atoms with Gasteiger partial charge >= 0.3 is 0 Å². The van der Waals surface area contributed by atoms with Crippen molar-refractivity contribution in [3.05, 3.63) is 28.6 Å². The average Bonchev–Trinajstić information content (AvgIpc) is 2.23.